The summed E-state index contributed by atoms with van der Waals surface area (Å²) in [7, 11) is 0. The van der Waals surface area contributed by atoms with Crippen LogP contribution >= 0.6 is 23.2 Å². The van der Waals surface area contributed by atoms with Gasteiger partial charge in [0, 0.05) is 6.54 Å². The number of hydrogen-bond acceptors (Lipinski definition) is 2. The van der Waals surface area contributed by atoms with E-state index >= 15 is 0 Å². The summed E-state index contributed by atoms with van der Waals surface area (Å²) in [6.45, 7) is 0.422. The predicted octanol–water partition coefficient (Wildman–Crippen LogP) is 2.69. The third kappa shape index (κ3) is 2.93. The van der Waals surface area contributed by atoms with Gasteiger partial charge in [0.05, 0.1) is 5.03 Å². The lowest BCUT2D eigenvalue weighted by atomic mass is 10.2. The second-order valence-electron chi connectivity index (χ2n) is 3.95. The lowest BCUT2D eigenvalue weighted by Crippen LogP contribution is -2.36. The highest BCUT2D eigenvalue weighted by molar-refractivity contribution is 6.49. The van der Waals surface area contributed by atoms with Crippen molar-refractivity contribution in [1.29, 1.82) is 0 Å². The largest absolute Gasteiger partial charge is 0.340 e. The molecule has 1 aromatic carbocycles. The van der Waals surface area contributed by atoms with E-state index in [4.69, 9.17) is 34.4 Å². The first-order valence-electron chi connectivity index (χ1n) is 5.60. The molecule has 1 heterocycles. The zero-order valence-electron chi connectivity index (χ0n) is 9.98. The maximum absolute atomic E-state index is 12.0. The second-order valence-corrected chi connectivity index (χ2v) is 4.73. The standard InChI is InChI=1S/C14H11Cl2NO2/c1-2-8-19-14-12(16)11(15)13(18)17(14)9-10-6-4-3-5-7-10/h1,3-7,14H,8-9H2. The molecule has 0 radical (unpaired) electrons. The van der Waals surface area contributed by atoms with Gasteiger partial charge in [-0.2, -0.15) is 0 Å². The van der Waals surface area contributed by atoms with Gasteiger partial charge in [0.2, 0.25) is 0 Å². The predicted molar refractivity (Wildman–Crippen MR) is 74.3 cm³/mol. The molecule has 0 fully saturated rings. The molecule has 0 bridgehead atoms. The molecule has 19 heavy (non-hydrogen) atoms. The van der Waals surface area contributed by atoms with Gasteiger partial charge >= 0.3 is 0 Å². The Morgan fingerprint density at radius 3 is 2.63 bits per heavy atom. The SMILES string of the molecule is C#CCOC1C(Cl)=C(Cl)C(=O)N1Cc1ccccc1. The lowest BCUT2D eigenvalue weighted by molar-refractivity contribution is -0.134. The second kappa shape index (κ2) is 6.12. The van der Waals surface area contributed by atoms with E-state index in [0.29, 0.717) is 6.54 Å². The number of amides is 1. The average molecular weight is 296 g/mol. The average Bonchev–Trinajstić information content (AvgIpc) is 2.63. The molecule has 1 aromatic rings. The Morgan fingerprint density at radius 2 is 2.00 bits per heavy atom. The Morgan fingerprint density at radius 1 is 1.32 bits per heavy atom. The monoisotopic (exact) mass is 295 g/mol. The van der Waals surface area contributed by atoms with Crippen molar-refractivity contribution in [2.75, 3.05) is 6.61 Å². The molecule has 1 aliphatic heterocycles. The quantitative estimate of drug-likeness (QED) is 0.800. The Labute approximate surface area is 121 Å². The van der Waals surface area contributed by atoms with Crippen LogP contribution in [0.25, 0.3) is 0 Å². The molecular formula is C14H11Cl2NO2. The fraction of sp³-hybridized carbons (Fsp3) is 0.214. The molecule has 0 saturated heterocycles. The van der Waals surface area contributed by atoms with Crippen molar-refractivity contribution < 1.29 is 9.53 Å². The molecule has 5 heteroatoms. The van der Waals surface area contributed by atoms with E-state index in [9.17, 15) is 4.79 Å². The Balaban J connectivity index is 2.18. The van der Waals surface area contributed by atoms with Gasteiger partial charge in [-0.25, -0.2) is 0 Å². The van der Waals surface area contributed by atoms with E-state index in [0.717, 1.165) is 5.56 Å². The summed E-state index contributed by atoms with van der Waals surface area (Å²) in [5, 5.41) is 0.164. The van der Waals surface area contributed by atoms with Crippen LogP contribution in [0.4, 0.5) is 0 Å². The van der Waals surface area contributed by atoms with Gasteiger partial charge in [-0.15, -0.1) is 6.42 Å². The minimum absolute atomic E-state index is 0.0142. The van der Waals surface area contributed by atoms with Crippen molar-refractivity contribution in [2.24, 2.45) is 0 Å². The van der Waals surface area contributed by atoms with Gasteiger partial charge in [0.1, 0.15) is 11.6 Å². The molecule has 0 aromatic heterocycles. The lowest BCUT2D eigenvalue weighted by Gasteiger charge is -2.24. The number of ether oxygens (including phenoxy) is 1. The summed E-state index contributed by atoms with van der Waals surface area (Å²) >= 11 is 11.9. The first-order valence-corrected chi connectivity index (χ1v) is 6.36. The number of carbonyl (C=O) groups excluding carboxylic acids is 1. The van der Waals surface area contributed by atoms with Crippen molar-refractivity contribution >= 4 is 29.1 Å². The summed E-state index contributed by atoms with van der Waals surface area (Å²) in [5.74, 6) is 2.00. The topological polar surface area (TPSA) is 29.5 Å². The molecule has 0 saturated carbocycles. The Kier molecular flexibility index (Phi) is 4.49. The summed E-state index contributed by atoms with van der Waals surface area (Å²) < 4.78 is 5.38. The van der Waals surface area contributed by atoms with Crippen molar-refractivity contribution in [3.05, 3.63) is 46.0 Å². The molecule has 98 valence electrons. The third-order valence-electron chi connectivity index (χ3n) is 2.68. The first kappa shape index (κ1) is 14.0. The molecule has 0 aliphatic carbocycles. The van der Waals surface area contributed by atoms with Gasteiger partial charge in [0.15, 0.2) is 6.23 Å². The maximum atomic E-state index is 12.0. The summed E-state index contributed by atoms with van der Waals surface area (Å²) in [6, 6.07) is 9.50. The van der Waals surface area contributed by atoms with Crippen molar-refractivity contribution in [3.63, 3.8) is 0 Å². The summed E-state index contributed by atoms with van der Waals surface area (Å²) in [6.07, 6.45) is 4.44. The number of terminal acetylenes is 1. The van der Waals surface area contributed by atoms with E-state index in [1.54, 1.807) is 0 Å². The number of benzene rings is 1. The molecule has 3 nitrogen and oxygen atoms in total. The fourth-order valence-electron chi connectivity index (χ4n) is 1.80. The number of nitrogens with zero attached hydrogens (tertiary/aromatic N) is 1. The van der Waals surface area contributed by atoms with Crippen LogP contribution in [-0.2, 0) is 16.1 Å². The maximum Gasteiger partial charge on any atom is 0.269 e. The molecule has 1 amide bonds. The Hall–Kier alpha value is -1.47. The molecular weight excluding hydrogens is 285 g/mol. The van der Waals surface area contributed by atoms with Crippen molar-refractivity contribution in [2.45, 2.75) is 12.8 Å². The van der Waals surface area contributed by atoms with Crippen LogP contribution in [0.5, 0.6) is 0 Å². The number of carbonyl (C=O) groups is 1. The van der Waals surface area contributed by atoms with Gasteiger partial charge in [-0.3, -0.25) is 4.79 Å². The zero-order chi connectivity index (χ0) is 13.8. The van der Waals surface area contributed by atoms with E-state index in [1.807, 2.05) is 30.3 Å². The molecule has 1 aliphatic rings. The summed E-state index contributed by atoms with van der Waals surface area (Å²) in [5.41, 5.74) is 0.959. The van der Waals surface area contributed by atoms with Gasteiger partial charge in [0.25, 0.3) is 5.91 Å². The highest BCUT2D eigenvalue weighted by Crippen LogP contribution is 2.33. The van der Waals surface area contributed by atoms with E-state index < -0.39 is 6.23 Å². The van der Waals surface area contributed by atoms with E-state index in [1.165, 1.54) is 4.90 Å². The van der Waals surface area contributed by atoms with Gasteiger partial charge in [-0.05, 0) is 5.56 Å². The van der Waals surface area contributed by atoms with Crippen LogP contribution in [0.1, 0.15) is 5.56 Å². The highest BCUT2D eigenvalue weighted by Gasteiger charge is 2.38. The summed E-state index contributed by atoms with van der Waals surface area (Å²) in [4.78, 5) is 13.5. The molecule has 2 rings (SSSR count). The molecule has 1 unspecified atom stereocenters. The smallest absolute Gasteiger partial charge is 0.269 e. The number of rotatable bonds is 4. The van der Waals surface area contributed by atoms with Crippen molar-refractivity contribution in [3.8, 4) is 12.3 Å². The normalized spacial score (nSPS) is 18.9. The van der Waals surface area contributed by atoms with Crippen LogP contribution in [-0.4, -0.2) is 23.6 Å². The van der Waals surface area contributed by atoms with Crippen LogP contribution in [0.2, 0.25) is 0 Å². The highest BCUT2D eigenvalue weighted by atomic mass is 35.5. The van der Waals surface area contributed by atoms with Crippen LogP contribution < -0.4 is 0 Å². The van der Waals surface area contributed by atoms with Crippen LogP contribution in [0, 0.1) is 12.3 Å². The fourth-order valence-corrected chi connectivity index (χ4v) is 2.27. The third-order valence-corrected chi connectivity index (χ3v) is 3.52. The van der Waals surface area contributed by atoms with Gasteiger partial charge < -0.3 is 9.64 Å². The molecule has 0 N–H and O–H groups in total. The number of halogens is 2. The zero-order valence-corrected chi connectivity index (χ0v) is 11.5. The molecule has 1 atom stereocenters. The number of hydrogen-bond donors (Lipinski definition) is 0. The van der Waals surface area contributed by atoms with Crippen LogP contribution in [0.15, 0.2) is 40.4 Å². The minimum Gasteiger partial charge on any atom is -0.340 e. The first-order chi connectivity index (χ1) is 9.15. The van der Waals surface area contributed by atoms with E-state index in [2.05, 4.69) is 5.92 Å². The Bertz CT molecular complexity index is 548. The van der Waals surface area contributed by atoms with Crippen molar-refractivity contribution in [1.82, 2.24) is 4.90 Å². The molecule has 0 spiro atoms. The van der Waals surface area contributed by atoms with Crippen LogP contribution in [0.3, 0.4) is 0 Å². The minimum atomic E-state index is -0.710. The van der Waals surface area contributed by atoms with Gasteiger partial charge in [-0.1, -0.05) is 59.5 Å². The van der Waals surface area contributed by atoms with E-state index in [-0.39, 0.29) is 22.6 Å².